The van der Waals surface area contributed by atoms with Gasteiger partial charge in [-0.15, -0.1) is 0 Å². The van der Waals surface area contributed by atoms with E-state index in [1.54, 1.807) is 35.2 Å². The minimum Gasteiger partial charge on any atom is -0.506 e. The molecule has 0 bridgehead atoms. The number of phenolic OH excluding ortho intramolecular Hbond substituents is 1. The molecule has 0 aliphatic rings. The van der Waals surface area contributed by atoms with Crippen molar-refractivity contribution in [1.82, 2.24) is 19.4 Å². The predicted molar refractivity (Wildman–Crippen MR) is 126 cm³/mol. The van der Waals surface area contributed by atoms with Crippen LogP contribution < -0.4 is 5.73 Å². The summed E-state index contributed by atoms with van der Waals surface area (Å²) in [5.41, 5.74) is 8.98. The Labute approximate surface area is 194 Å². The average molecular weight is 466 g/mol. The van der Waals surface area contributed by atoms with Gasteiger partial charge in [0.25, 0.3) is 0 Å². The van der Waals surface area contributed by atoms with Crippen LogP contribution in [0.15, 0.2) is 67.6 Å². The summed E-state index contributed by atoms with van der Waals surface area (Å²) < 4.78 is 15.1. The SMILES string of the molecule is C=CC(=O)N(CCn1cc(-c2ccc(Cl)c(O)c2)c2c(N)ncnc21)Cc1ccc(F)cc1. The van der Waals surface area contributed by atoms with Gasteiger partial charge in [-0.25, -0.2) is 14.4 Å². The molecule has 7 nitrogen and oxygen atoms in total. The third-order valence-corrected chi connectivity index (χ3v) is 5.64. The Morgan fingerprint density at radius 3 is 2.70 bits per heavy atom. The summed E-state index contributed by atoms with van der Waals surface area (Å²) in [5, 5.41) is 10.9. The van der Waals surface area contributed by atoms with Crippen LogP contribution >= 0.6 is 11.6 Å². The van der Waals surface area contributed by atoms with E-state index >= 15 is 0 Å². The zero-order chi connectivity index (χ0) is 23.5. The third kappa shape index (κ3) is 4.65. The fraction of sp³-hybridized carbons (Fsp3) is 0.125. The number of phenols is 1. The number of nitrogen functional groups attached to an aromatic ring is 1. The summed E-state index contributed by atoms with van der Waals surface area (Å²) in [4.78, 5) is 22.6. The van der Waals surface area contributed by atoms with E-state index in [2.05, 4.69) is 16.5 Å². The van der Waals surface area contributed by atoms with Crippen molar-refractivity contribution in [2.24, 2.45) is 0 Å². The van der Waals surface area contributed by atoms with Gasteiger partial charge in [0.2, 0.25) is 5.91 Å². The number of carbonyl (C=O) groups is 1. The highest BCUT2D eigenvalue weighted by Crippen LogP contribution is 2.36. The van der Waals surface area contributed by atoms with Gasteiger partial charge in [-0.05, 0) is 41.5 Å². The normalized spacial score (nSPS) is 11.0. The highest BCUT2D eigenvalue weighted by molar-refractivity contribution is 6.32. The molecule has 33 heavy (non-hydrogen) atoms. The van der Waals surface area contributed by atoms with E-state index in [9.17, 15) is 14.3 Å². The van der Waals surface area contributed by atoms with E-state index < -0.39 is 0 Å². The number of aromatic nitrogens is 3. The Bertz CT molecular complexity index is 1340. The van der Waals surface area contributed by atoms with E-state index in [1.807, 2.05) is 10.8 Å². The summed E-state index contributed by atoms with van der Waals surface area (Å²) in [6.07, 6.45) is 4.48. The molecule has 0 aliphatic heterocycles. The largest absolute Gasteiger partial charge is 0.506 e. The molecular weight excluding hydrogens is 445 g/mol. The smallest absolute Gasteiger partial charge is 0.246 e. The van der Waals surface area contributed by atoms with Crippen molar-refractivity contribution in [2.45, 2.75) is 13.1 Å². The van der Waals surface area contributed by atoms with Crippen LogP contribution in [0.4, 0.5) is 10.2 Å². The average Bonchev–Trinajstić information content (AvgIpc) is 3.19. The van der Waals surface area contributed by atoms with Crippen LogP contribution in [0.2, 0.25) is 5.02 Å². The minimum atomic E-state index is -0.336. The Balaban J connectivity index is 1.66. The van der Waals surface area contributed by atoms with E-state index in [1.165, 1.54) is 24.5 Å². The number of halogens is 2. The standard InChI is InChI=1S/C24H21ClFN5O2/c1-2-21(33)30(12-15-3-6-17(26)7-4-15)9-10-31-13-18(16-5-8-19(25)20(32)11-16)22-23(27)28-14-29-24(22)31/h2-8,11,13-14,32H,1,9-10,12H2,(H2,27,28,29). The molecule has 2 heterocycles. The first kappa shape index (κ1) is 22.3. The monoisotopic (exact) mass is 465 g/mol. The number of rotatable bonds is 7. The van der Waals surface area contributed by atoms with Crippen LogP contribution in [-0.4, -0.2) is 37.0 Å². The number of hydrogen-bond acceptors (Lipinski definition) is 5. The number of nitrogens with zero attached hydrogens (tertiary/aromatic N) is 4. The van der Waals surface area contributed by atoms with Crippen LogP contribution in [0.25, 0.3) is 22.2 Å². The van der Waals surface area contributed by atoms with Crippen molar-refractivity contribution >= 4 is 34.4 Å². The topological polar surface area (TPSA) is 97.3 Å². The zero-order valence-corrected chi connectivity index (χ0v) is 18.3. The molecule has 0 spiro atoms. The van der Waals surface area contributed by atoms with Crippen molar-refractivity contribution in [1.29, 1.82) is 0 Å². The number of fused-ring (bicyclic) bond motifs is 1. The Hall–Kier alpha value is -3.91. The number of hydrogen-bond donors (Lipinski definition) is 2. The minimum absolute atomic E-state index is 0.0486. The second-order valence-corrected chi connectivity index (χ2v) is 7.86. The molecule has 0 atom stereocenters. The van der Waals surface area contributed by atoms with Crippen LogP contribution in [0.3, 0.4) is 0 Å². The lowest BCUT2D eigenvalue weighted by atomic mass is 10.1. The number of amides is 1. The highest BCUT2D eigenvalue weighted by Gasteiger charge is 2.18. The van der Waals surface area contributed by atoms with Gasteiger partial charge in [0.15, 0.2) is 0 Å². The van der Waals surface area contributed by atoms with Crippen molar-refractivity contribution in [2.75, 3.05) is 12.3 Å². The lowest BCUT2D eigenvalue weighted by Gasteiger charge is -2.22. The second kappa shape index (κ2) is 9.30. The molecule has 1 amide bonds. The maximum absolute atomic E-state index is 13.2. The predicted octanol–water partition coefficient (Wildman–Crippen LogP) is 4.39. The molecule has 0 radical (unpaired) electrons. The van der Waals surface area contributed by atoms with Crippen LogP contribution in [0.1, 0.15) is 5.56 Å². The maximum Gasteiger partial charge on any atom is 0.246 e. The van der Waals surface area contributed by atoms with Gasteiger partial charge in [0.1, 0.15) is 29.4 Å². The molecule has 0 saturated carbocycles. The molecule has 0 fully saturated rings. The Morgan fingerprint density at radius 1 is 1.24 bits per heavy atom. The second-order valence-electron chi connectivity index (χ2n) is 7.45. The van der Waals surface area contributed by atoms with Gasteiger partial charge < -0.3 is 20.3 Å². The third-order valence-electron chi connectivity index (χ3n) is 5.32. The molecule has 168 valence electrons. The maximum atomic E-state index is 13.2. The van der Waals surface area contributed by atoms with Crippen LogP contribution in [0.5, 0.6) is 5.75 Å². The molecule has 0 aliphatic carbocycles. The number of nitrogens with two attached hydrogens (primary N) is 1. The van der Waals surface area contributed by atoms with E-state index in [0.717, 1.165) is 11.1 Å². The van der Waals surface area contributed by atoms with Crippen molar-refractivity contribution in [3.8, 4) is 16.9 Å². The van der Waals surface area contributed by atoms with Crippen molar-refractivity contribution in [3.05, 3.63) is 84.0 Å². The number of benzene rings is 2. The molecule has 0 saturated heterocycles. The molecule has 4 rings (SSSR count). The van der Waals surface area contributed by atoms with Crippen LogP contribution in [-0.2, 0) is 17.9 Å². The summed E-state index contributed by atoms with van der Waals surface area (Å²) in [6, 6.07) is 10.9. The van der Waals surface area contributed by atoms with Gasteiger partial charge in [-0.1, -0.05) is 36.4 Å². The molecule has 2 aromatic carbocycles. The van der Waals surface area contributed by atoms with Gasteiger partial charge in [0.05, 0.1) is 10.4 Å². The fourth-order valence-electron chi connectivity index (χ4n) is 3.65. The molecule has 2 aromatic heterocycles. The lowest BCUT2D eigenvalue weighted by molar-refractivity contribution is -0.126. The molecular formula is C24H21ClFN5O2. The Kier molecular flexibility index (Phi) is 6.28. The van der Waals surface area contributed by atoms with Gasteiger partial charge in [-0.3, -0.25) is 4.79 Å². The molecule has 4 aromatic rings. The quantitative estimate of drug-likeness (QED) is 0.394. The van der Waals surface area contributed by atoms with Gasteiger partial charge in [-0.2, -0.15) is 0 Å². The summed E-state index contributed by atoms with van der Waals surface area (Å²) in [5.74, 6) is -0.328. The van der Waals surface area contributed by atoms with Crippen molar-refractivity contribution < 1.29 is 14.3 Å². The number of aromatic hydroxyl groups is 1. The summed E-state index contributed by atoms with van der Waals surface area (Å²) in [6.45, 7) is 4.65. The first-order valence-electron chi connectivity index (χ1n) is 10.1. The fourth-order valence-corrected chi connectivity index (χ4v) is 3.77. The highest BCUT2D eigenvalue weighted by atomic mass is 35.5. The number of carbonyl (C=O) groups excluding carboxylic acids is 1. The molecule has 0 unspecified atom stereocenters. The molecule has 3 N–H and O–H groups in total. The van der Waals surface area contributed by atoms with E-state index in [-0.39, 0.29) is 22.5 Å². The first-order chi connectivity index (χ1) is 15.9. The lowest BCUT2D eigenvalue weighted by Crippen LogP contribution is -2.32. The van der Waals surface area contributed by atoms with E-state index in [0.29, 0.717) is 42.0 Å². The molecule has 9 heteroatoms. The van der Waals surface area contributed by atoms with Gasteiger partial charge >= 0.3 is 0 Å². The number of anilines is 1. The Morgan fingerprint density at radius 2 is 2.00 bits per heavy atom. The summed E-state index contributed by atoms with van der Waals surface area (Å²) >= 11 is 5.96. The first-order valence-corrected chi connectivity index (χ1v) is 10.5. The van der Waals surface area contributed by atoms with E-state index in [4.69, 9.17) is 17.3 Å². The van der Waals surface area contributed by atoms with Crippen molar-refractivity contribution in [3.63, 3.8) is 0 Å². The van der Waals surface area contributed by atoms with Gasteiger partial charge in [0, 0.05) is 31.4 Å². The zero-order valence-electron chi connectivity index (χ0n) is 17.6. The summed E-state index contributed by atoms with van der Waals surface area (Å²) in [7, 11) is 0. The van der Waals surface area contributed by atoms with Crippen LogP contribution in [0, 0.1) is 5.82 Å².